The summed E-state index contributed by atoms with van der Waals surface area (Å²) in [6.07, 6.45) is 15.2. The zero-order valence-electron chi connectivity index (χ0n) is 62.2. The van der Waals surface area contributed by atoms with Gasteiger partial charge in [0.05, 0.1) is 56.7 Å². The highest BCUT2D eigenvalue weighted by atomic mass is 32.2. The number of aryl methyl sites for hydroxylation is 2. The second kappa shape index (κ2) is 35.5. The lowest BCUT2D eigenvalue weighted by Gasteiger charge is -2.13. The summed E-state index contributed by atoms with van der Waals surface area (Å²) in [7, 11) is -6.97. The maximum absolute atomic E-state index is 12.3. The topological polar surface area (TPSA) is 602 Å². The van der Waals surface area contributed by atoms with Crippen molar-refractivity contribution in [3.8, 4) is 17.1 Å². The predicted molar refractivity (Wildman–Crippen MR) is 425 cm³/mol. The number of nitrogens with zero attached hydrogens (tertiary/aromatic N) is 10. The molecule has 5 aromatic carbocycles. The Labute approximate surface area is 635 Å². The lowest BCUT2D eigenvalue weighted by Crippen LogP contribution is -2.25. The molecule has 3 aliphatic rings. The van der Waals surface area contributed by atoms with Gasteiger partial charge in [-0.2, -0.15) is 35.1 Å². The number of carbonyl (C=O) groups excluding carboxylic acids is 6. The average Bonchev–Trinajstić information content (AvgIpc) is 1.54. The van der Waals surface area contributed by atoms with Crippen molar-refractivity contribution in [2.45, 2.75) is 102 Å². The first-order valence-corrected chi connectivity index (χ1v) is 37.6. The smallest absolute Gasteiger partial charge is 0.283 e. The van der Waals surface area contributed by atoms with Crippen LogP contribution in [-0.4, -0.2) is 126 Å². The van der Waals surface area contributed by atoms with Gasteiger partial charge in [0, 0.05) is 82.6 Å². The SMILES string of the molecule is C/C(=C\c1ccc(C)cc1/C=C(\C)C(=O)N=C(N)N)C(=O)N=C(N)N.CC(C)c1ccc(C(=O)N=C(N)N)cc1S(C)(=O)=O.CC1(C)C(c2cccc3c2CCO3)[C@H]1C(=O)N=C(N)N.Cc1cc(-n2cccc2)c(S(C)(=O)=O)cc1C(=O)N=C(N)N.NC(N)=NC(=O)c1cnn(-c2cccc3ncccc23)c1C1CC1. The molecule has 2 aliphatic carbocycles. The molecule has 2 saturated carbocycles. The number of fused-ring (bicyclic) bond motifs is 2. The molecule has 578 valence electrons. The van der Waals surface area contributed by atoms with Crippen molar-refractivity contribution in [2.75, 3.05) is 19.1 Å². The van der Waals surface area contributed by atoms with Gasteiger partial charge in [0.1, 0.15) is 5.75 Å². The van der Waals surface area contributed by atoms with E-state index in [2.05, 4.69) is 60.0 Å². The first-order chi connectivity index (χ1) is 51.5. The van der Waals surface area contributed by atoms with Crippen LogP contribution in [0.3, 0.4) is 0 Å². The minimum atomic E-state index is -3.54. The number of ether oxygens (including phenoxy) is 1. The van der Waals surface area contributed by atoms with Gasteiger partial charge in [-0.05, 0) is 159 Å². The highest BCUT2D eigenvalue weighted by Gasteiger charge is 2.63. The van der Waals surface area contributed by atoms with Crippen molar-refractivity contribution in [1.29, 1.82) is 0 Å². The van der Waals surface area contributed by atoms with Crippen molar-refractivity contribution < 1.29 is 50.3 Å². The number of nitrogens with two attached hydrogens (primary N) is 12. The summed E-state index contributed by atoms with van der Waals surface area (Å²) < 4.78 is 56.7. The van der Waals surface area contributed by atoms with Gasteiger partial charge in [0.15, 0.2) is 55.4 Å². The van der Waals surface area contributed by atoms with Crippen molar-refractivity contribution in [1.82, 2.24) is 19.3 Å². The van der Waals surface area contributed by atoms with Crippen molar-refractivity contribution in [2.24, 2.45) is 110 Å². The van der Waals surface area contributed by atoms with E-state index in [0.717, 1.165) is 76.5 Å². The van der Waals surface area contributed by atoms with E-state index >= 15 is 0 Å². The number of aliphatic imine (C=N–C) groups is 6. The molecular weight excluding hydrogens is 1450 g/mol. The van der Waals surface area contributed by atoms with E-state index in [1.165, 1.54) is 35.5 Å². The average molecular weight is 1540 g/mol. The molecule has 2 fully saturated rings. The molecule has 24 N–H and O–H groups in total. The fourth-order valence-electron chi connectivity index (χ4n) is 12.0. The molecule has 8 aromatic rings. The van der Waals surface area contributed by atoms with Crippen molar-refractivity contribution >= 4 is 114 Å². The molecule has 1 unspecified atom stereocenters. The van der Waals surface area contributed by atoms with Crippen LogP contribution in [0.5, 0.6) is 5.75 Å². The van der Waals surface area contributed by atoms with E-state index in [4.69, 9.17) is 73.5 Å². The highest BCUT2D eigenvalue weighted by molar-refractivity contribution is 7.91. The van der Waals surface area contributed by atoms with Gasteiger partial charge in [0.2, 0.25) is 0 Å². The van der Waals surface area contributed by atoms with Crippen LogP contribution >= 0.6 is 0 Å². The Hall–Kier alpha value is -13.2. The van der Waals surface area contributed by atoms with Crippen LogP contribution in [0.4, 0.5) is 0 Å². The Morgan fingerprint density at radius 2 is 1.15 bits per heavy atom. The molecule has 110 heavy (non-hydrogen) atoms. The van der Waals surface area contributed by atoms with Gasteiger partial charge < -0.3 is 78.1 Å². The van der Waals surface area contributed by atoms with Gasteiger partial charge in [-0.15, -0.1) is 0 Å². The van der Waals surface area contributed by atoms with E-state index in [1.807, 2.05) is 86.1 Å². The number of hydrogen-bond donors (Lipinski definition) is 12. The van der Waals surface area contributed by atoms with E-state index in [-0.39, 0.29) is 85.8 Å². The van der Waals surface area contributed by atoms with E-state index in [0.29, 0.717) is 46.0 Å². The number of hydrogen-bond acceptors (Lipinski definition) is 13. The number of amides is 6. The normalized spacial score (nSPS) is 14.5. The quantitative estimate of drug-likeness (QED) is 0.0382. The van der Waals surface area contributed by atoms with Crippen LogP contribution in [0, 0.1) is 25.2 Å². The first kappa shape index (κ1) is 84.1. The number of sulfone groups is 2. The number of benzene rings is 5. The summed E-state index contributed by atoms with van der Waals surface area (Å²) in [6, 6.07) is 32.3. The minimum absolute atomic E-state index is 0.0250. The number of guanidine groups is 6. The molecule has 11 rings (SSSR count). The van der Waals surface area contributed by atoms with Gasteiger partial charge in [-0.25, -0.2) is 21.5 Å². The van der Waals surface area contributed by atoms with E-state index in [9.17, 15) is 45.6 Å². The number of carbonyl (C=O) groups is 6. The fraction of sp³-hybridized carbons (Fsp3) is 0.253. The summed E-state index contributed by atoms with van der Waals surface area (Å²) in [5.41, 5.74) is 73.3. The van der Waals surface area contributed by atoms with E-state index in [1.54, 1.807) is 80.3 Å². The molecule has 2 atom stereocenters. The third-order valence-electron chi connectivity index (χ3n) is 17.2. The Kier molecular flexibility index (Phi) is 27.1. The van der Waals surface area contributed by atoms with Crippen LogP contribution in [0.2, 0.25) is 0 Å². The molecule has 0 spiro atoms. The first-order valence-electron chi connectivity index (χ1n) is 33.8. The molecule has 0 radical (unpaired) electrons. The Balaban J connectivity index is 0.000000192. The molecule has 0 saturated heterocycles. The maximum Gasteiger partial charge on any atom is 0.283 e. The Morgan fingerprint density at radius 1 is 0.591 bits per heavy atom. The predicted octanol–water partition coefficient (Wildman–Crippen LogP) is 4.50. The number of rotatable bonds is 15. The standard InChI is InChI=1S/C17H22N6O2.C17H16N6O.C15H19N3O2.C14H16N4O3S.C12H17N3O3S/c1-9-4-5-12(7-10(2)14(24)22-16(18)19)13(6-9)8-11(3)15(25)23-17(20)21;18-17(19)22-16(24)12-9-21-23(15(12)10-6-7-10)14-5-1-4-13-11(14)3-2-8-20-13;1-15(2)11(12(15)13(19)18-14(16)17)9-4-3-5-10-8(9)6-7-20-10;1-9-7-11(18-5-3-4-6-18)12(22(2,20)21)8-10(9)13(19)17-14(15)16;1-7(2)9-5-4-8(11(16)15-12(13)14)6-10(9)19(3,17)18/h4-8H,1-3H3,(H4,18,19,22,24)(H4,20,21,23,25);1-5,8-10H,6-7H2,(H4,18,19,22,24);3-5,11-12H,6-7H2,1-2H3,(H4,16,17,18,19);3-8H,1-2H3,(H4,15,16,17,19);4-7H,1-3H3,(H4,13,14,15,16)/b10-7+,11-8+;;;;/t;;11?,12-;;/m..0../s1. The van der Waals surface area contributed by atoms with Crippen LogP contribution < -0.4 is 73.5 Å². The second-order valence-electron chi connectivity index (χ2n) is 26.7. The summed E-state index contributed by atoms with van der Waals surface area (Å²) in [5, 5.41) is 5.42. The summed E-state index contributed by atoms with van der Waals surface area (Å²) in [5.74, 6) is -3.59. The lowest BCUT2D eigenvalue weighted by molar-refractivity contribution is -0.119. The molecule has 0 bridgehead atoms. The van der Waals surface area contributed by atoms with Crippen molar-refractivity contribution in [3.05, 3.63) is 206 Å². The molecule has 6 amide bonds. The van der Waals surface area contributed by atoms with Crippen LogP contribution in [-0.2, 0) is 40.5 Å². The zero-order chi connectivity index (χ0) is 81.6. The van der Waals surface area contributed by atoms with Gasteiger partial charge in [-0.3, -0.25) is 33.8 Å². The maximum atomic E-state index is 12.3. The third-order valence-corrected chi connectivity index (χ3v) is 19.5. The molecule has 1 aliphatic heterocycles. The molecule has 4 heterocycles. The molecular formula is C75H90N22O11S2. The summed E-state index contributed by atoms with van der Waals surface area (Å²) in [4.78, 5) is 97.6. The minimum Gasteiger partial charge on any atom is -0.493 e. The fourth-order valence-corrected chi connectivity index (χ4v) is 14.0. The van der Waals surface area contributed by atoms with E-state index < -0.39 is 49.2 Å². The highest BCUT2D eigenvalue weighted by Crippen LogP contribution is 2.66. The van der Waals surface area contributed by atoms with Gasteiger partial charge >= 0.3 is 0 Å². The zero-order valence-corrected chi connectivity index (χ0v) is 63.8. The largest absolute Gasteiger partial charge is 0.493 e. The number of pyridine rings is 1. The van der Waals surface area contributed by atoms with Crippen LogP contribution in [0.15, 0.2) is 185 Å². The Morgan fingerprint density at radius 3 is 1.70 bits per heavy atom. The molecule has 35 heteroatoms. The Bertz CT molecular complexity index is 5390. The second-order valence-corrected chi connectivity index (χ2v) is 30.7. The number of aromatic nitrogens is 4. The van der Waals surface area contributed by atoms with Gasteiger partial charge in [-0.1, -0.05) is 75.7 Å². The van der Waals surface area contributed by atoms with Crippen molar-refractivity contribution in [3.63, 3.8) is 0 Å². The van der Waals surface area contributed by atoms with Crippen LogP contribution in [0.25, 0.3) is 34.4 Å². The monoisotopic (exact) mass is 1540 g/mol. The molecule has 3 aromatic heterocycles. The molecule has 33 nitrogen and oxygen atoms in total. The summed E-state index contributed by atoms with van der Waals surface area (Å²) >= 11 is 0. The third kappa shape index (κ3) is 22.0. The summed E-state index contributed by atoms with van der Waals surface area (Å²) in [6.45, 7) is 15.4. The van der Waals surface area contributed by atoms with Crippen LogP contribution in [0.1, 0.15) is 148 Å². The lowest BCUT2D eigenvalue weighted by atomic mass is 9.96. The van der Waals surface area contributed by atoms with Gasteiger partial charge in [0.25, 0.3) is 35.4 Å².